The fourth-order valence-corrected chi connectivity index (χ4v) is 5.05. The number of amides is 2. The summed E-state index contributed by atoms with van der Waals surface area (Å²) in [7, 11) is 0. The molecule has 2 fully saturated rings. The van der Waals surface area contributed by atoms with Crippen LogP contribution >= 0.6 is 0 Å². The molecule has 2 aromatic rings. The van der Waals surface area contributed by atoms with Crippen LogP contribution in [0.4, 0.5) is 5.95 Å². The van der Waals surface area contributed by atoms with Gasteiger partial charge in [0.15, 0.2) is 0 Å². The lowest BCUT2D eigenvalue weighted by Crippen LogP contribution is -2.52. The molecule has 3 N–H and O–H groups in total. The Morgan fingerprint density at radius 2 is 2.14 bits per heavy atom. The summed E-state index contributed by atoms with van der Waals surface area (Å²) in [6.07, 6.45) is 9.87. The maximum atomic E-state index is 12.5. The number of hydrogen-bond donors (Lipinski definition) is 3. The van der Waals surface area contributed by atoms with Crippen molar-refractivity contribution in [1.82, 2.24) is 25.2 Å². The molecule has 2 aliphatic heterocycles. The number of carbonyl (C=O) groups is 2. The van der Waals surface area contributed by atoms with E-state index in [0.717, 1.165) is 56.1 Å². The van der Waals surface area contributed by atoms with E-state index in [1.807, 2.05) is 6.07 Å². The smallest absolute Gasteiger partial charge is 0.268 e. The van der Waals surface area contributed by atoms with Crippen molar-refractivity contribution in [3.05, 3.63) is 18.0 Å². The van der Waals surface area contributed by atoms with Crippen LogP contribution < -0.4 is 16.0 Å². The molecule has 3 aliphatic rings. The van der Waals surface area contributed by atoms with E-state index in [4.69, 9.17) is 0 Å². The summed E-state index contributed by atoms with van der Waals surface area (Å²) in [5.74, 6) is 0.176. The lowest BCUT2D eigenvalue weighted by atomic mass is 9.80. The number of carbonyl (C=O) groups excluding carboxylic acids is 2. The Morgan fingerprint density at radius 3 is 2.93 bits per heavy atom. The predicted molar refractivity (Wildman–Crippen MR) is 105 cm³/mol. The SMILES string of the molecule is O=C(CC1CCCN1)Nc1ncc2cc3n(c2n1)C1(CCCCC1)CNC3=O. The third-order valence-electron chi connectivity index (χ3n) is 6.46. The van der Waals surface area contributed by atoms with Crippen LogP contribution in [0.3, 0.4) is 0 Å². The Hall–Kier alpha value is -2.48. The van der Waals surface area contributed by atoms with Crippen molar-refractivity contribution in [2.45, 2.75) is 62.9 Å². The van der Waals surface area contributed by atoms with Crippen LogP contribution in [0.15, 0.2) is 12.3 Å². The van der Waals surface area contributed by atoms with Crippen LogP contribution in [-0.4, -0.2) is 45.5 Å². The average Bonchev–Trinajstić information content (AvgIpc) is 3.34. The van der Waals surface area contributed by atoms with Crippen LogP contribution in [-0.2, 0) is 10.3 Å². The summed E-state index contributed by atoms with van der Waals surface area (Å²) in [6, 6.07) is 2.10. The van der Waals surface area contributed by atoms with E-state index in [0.29, 0.717) is 24.6 Å². The van der Waals surface area contributed by atoms with E-state index < -0.39 is 0 Å². The minimum absolute atomic E-state index is 0.0629. The van der Waals surface area contributed by atoms with Gasteiger partial charge in [0, 0.05) is 30.6 Å². The van der Waals surface area contributed by atoms with Gasteiger partial charge in [-0.2, -0.15) is 4.98 Å². The molecular formula is C20H26N6O2. The molecule has 1 aliphatic carbocycles. The highest BCUT2D eigenvalue weighted by Crippen LogP contribution is 2.40. The second kappa shape index (κ2) is 6.84. The summed E-state index contributed by atoms with van der Waals surface area (Å²) in [4.78, 5) is 33.8. The number of fused-ring (bicyclic) bond motifs is 4. The summed E-state index contributed by atoms with van der Waals surface area (Å²) in [6.45, 7) is 1.61. The molecule has 1 unspecified atom stereocenters. The molecule has 1 atom stereocenters. The van der Waals surface area contributed by atoms with Gasteiger partial charge in [-0.3, -0.25) is 14.9 Å². The summed E-state index contributed by atoms with van der Waals surface area (Å²) < 4.78 is 2.12. The second-order valence-electron chi connectivity index (χ2n) is 8.35. The monoisotopic (exact) mass is 382 g/mol. The number of rotatable bonds is 3. The van der Waals surface area contributed by atoms with E-state index >= 15 is 0 Å². The molecule has 5 rings (SSSR count). The first-order valence-corrected chi connectivity index (χ1v) is 10.4. The highest BCUT2D eigenvalue weighted by atomic mass is 16.2. The van der Waals surface area contributed by atoms with E-state index in [1.165, 1.54) is 6.42 Å². The fourth-order valence-electron chi connectivity index (χ4n) is 5.05. The van der Waals surface area contributed by atoms with Gasteiger partial charge in [0.25, 0.3) is 5.91 Å². The lowest BCUT2D eigenvalue weighted by Gasteiger charge is -2.42. The molecule has 0 radical (unpaired) electrons. The van der Waals surface area contributed by atoms with Crippen LogP contribution in [0.2, 0.25) is 0 Å². The Labute approximate surface area is 163 Å². The van der Waals surface area contributed by atoms with Crippen molar-refractivity contribution in [1.29, 1.82) is 0 Å². The molecule has 1 saturated heterocycles. The Morgan fingerprint density at radius 1 is 1.29 bits per heavy atom. The normalized spacial score (nSPS) is 23.6. The van der Waals surface area contributed by atoms with E-state index in [2.05, 4.69) is 30.5 Å². The molecule has 0 aromatic carbocycles. The van der Waals surface area contributed by atoms with Crippen molar-refractivity contribution in [2.75, 3.05) is 18.4 Å². The fraction of sp³-hybridized carbons (Fsp3) is 0.600. The molecule has 2 aromatic heterocycles. The summed E-state index contributed by atoms with van der Waals surface area (Å²) >= 11 is 0. The molecule has 1 spiro atoms. The van der Waals surface area contributed by atoms with Gasteiger partial charge in [-0.05, 0) is 38.3 Å². The maximum Gasteiger partial charge on any atom is 0.268 e. The van der Waals surface area contributed by atoms with Gasteiger partial charge < -0.3 is 15.2 Å². The van der Waals surface area contributed by atoms with Gasteiger partial charge in [0.05, 0.1) is 5.54 Å². The Balaban J connectivity index is 1.48. The third-order valence-corrected chi connectivity index (χ3v) is 6.46. The van der Waals surface area contributed by atoms with Crippen molar-refractivity contribution in [3.8, 4) is 0 Å². The molecule has 28 heavy (non-hydrogen) atoms. The van der Waals surface area contributed by atoms with Crippen molar-refractivity contribution >= 4 is 28.8 Å². The second-order valence-corrected chi connectivity index (χ2v) is 8.35. The first-order valence-electron chi connectivity index (χ1n) is 10.4. The van der Waals surface area contributed by atoms with E-state index in [-0.39, 0.29) is 23.4 Å². The molecule has 2 amide bonds. The Bertz CT molecular complexity index is 924. The van der Waals surface area contributed by atoms with Crippen molar-refractivity contribution in [2.24, 2.45) is 0 Å². The summed E-state index contributed by atoms with van der Waals surface area (Å²) in [5.41, 5.74) is 1.28. The minimum Gasteiger partial charge on any atom is -0.348 e. The van der Waals surface area contributed by atoms with Crippen molar-refractivity contribution < 1.29 is 9.59 Å². The van der Waals surface area contributed by atoms with Crippen LogP contribution in [0.1, 0.15) is 61.9 Å². The van der Waals surface area contributed by atoms with Gasteiger partial charge in [-0.15, -0.1) is 0 Å². The zero-order valence-electron chi connectivity index (χ0n) is 16.0. The van der Waals surface area contributed by atoms with E-state index in [1.54, 1.807) is 6.20 Å². The van der Waals surface area contributed by atoms with Crippen molar-refractivity contribution in [3.63, 3.8) is 0 Å². The molecule has 148 valence electrons. The molecule has 8 nitrogen and oxygen atoms in total. The van der Waals surface area contributed by atoms with Gasteiger partial charge in [0.2, 0.25) is 11.9 Å². The lowest BCUT2D eigenvalue weighted by molar-refractivity contribution is -0.116. The van der Waals surface area contributed by atoms with Gasteiger partial charge in [-0.25, -0.2) is 4.98 Å². The molecule has 8 heteroatoms. The Kier molecular flexibility index (Phi) is 4.30. The van der Waals surface area contributed by atoms with Crippen LogP contribution in [0, 0.1) is 0 Å². The van der Waals surface area contributed by atoms with Crippen LogP contribution in [0.5, 0.6) is 0 Å². The number of hydrogen-bond acceptors (Lipinski definition) is 5. The zero-order chi connectivity index (χ0) is 19.1. The largest absolute Gasteiger partial charge is 0.348 e. The van der Waals surface area contributed by atoms with Gasteiger partial charge in [-0.1, -0.05) is 19.3 Å². The summed E-state index contributed by atoms with van der Waals surface area (Å²) in [5, 5.41) is 10.1. The molecule has 4 heterocycles. The highest BCUT2D eigenvalue weighted by molar-refractivity contribution is 5.99. The quantitative estimate of drug-likeness (QED) is 0.753. The maximum absolute atomic E-state index is 12.5. The molecular weight excluding hydrogens is 356 g/mol. The average molecular weight is 382 g/mol. The number of nitrogens with zero attached hydrogens (tertiary/aromatic N) is 3. The highest BCUT2D eigenvalue weighted by Gasteiger charge is 2.41. The molecule has 0 bridgehead atoms. The first kappa shape index (κ1) is 17.6. The first-order chi connectivity index (χ1) is 13.6. The predicted octanol–water partition coefficient (Wildman–Crippen LogP) is 1.91. The standard InChI is InChI=1S/C20H26N6O2/c27-16(10-14-5-4-8-21-14)24-19-22-11-13-9-15-18(28)23-12-20(6-2-1-3-7-20)26(15)17(13)25-19/h9,11,14,21H,1-8,10,12H2,(H,23,28)(H,22,24,25,27). The minimum atomic E-state index is -0.118. The van der Waals surface area contributed by atoms with Gasteiger partial charge >= 0.3 is 0 Å². The zero-order valence-corrected chi connectivity index (χ0v) is 16.0. The number of nitrogens with one attached hydrogen (secondary N) is 3. The van der Waals surface area contributed by atoms with E-state index in [9.17, 15) is 9.59 Å². The number of aromatic nitrogens is 3. The third kappa shape index (κ3) is 2.96. The van der Waals surface area contributed by atoms with Gasteiger partial charge in [0.1, 0.15) is 11.3 Å². The molecule has 1 saturated carbocycles. The number of anilines is 1. The topological polar surface area (TPSA) is 101 Å². The van der Waals surface area contributed by atoms with Crippen LogP contribution in [0.25, 0.3) is 11.0 Å².